The molecule has 3 N–H and O–H groups in total. The fourth-order valence-electron chi connectivity index (χ4n) is 3.20. The van der Waals surface area contributed by atoms with Crippen LogP contribution in [0.2, 0.25) is 0 Å². The predicted octanol–water partition coefficient (Wildman–Crippen LogP) is 2.02. The van der Waals surface area contributed by atoms with E-state index < -0.39 is 0 Å². The first-order valence-corrected chi connectivity index (χ1v) is 7.69. The molecule has 21 heavy (non-hydrogen) atoms. The number of hydrogen-bond acceptors (Lipinski definition) is 4. The SMILES string of the molecule is CN1CCCC1CCOc1cc2c(cc1N)NC(=O)CC2. The quantitative estimate of drug-likeness (QED) is 0.832. The summed E-state index contributed by atoms with van der Waals surface area (Å²) in [6.45, 7) is 1.87. The zero-order valence-corrected chi connectivity index (χ0v) is 12.5. The number of likely N-dealkylation sites (tertiary alicyclic amines) is 1. The molecule has 1 aromatic carbocycles. The maximum atomic E-state index is 11.4. The number of nitrogen functional groups attached to an aromatic ring is 1. The third kappa shape index (κ3) is 3.13. The number of carbonyl (C=O) groups excluding carboxylic acids is 1. The van der Waals surface area contributed by atoms with Gasteiger partial charge >= 0.3 is 0 Å². The fraction of sp³-hybridized carbons (Fsp3) is 0.562. The average molecular weight is 289 g/mol. The Balaban J connectivity index is 1.62. The topological polar surface area (TPSA) is 67.6 Å². The van der Waals surface area contributed by atoms with Gasteiger partial charge in [-0.15, -0.1) is 0 Å². The number of rotatable bonds is 4. The monoisotopic (exact) mass is 289 g/mol. The number of fused-ring (bicyclic) bond motifs is 1. The van der Waals surface area contributed by atoms with Crippen LogP contribution in [-0.2, 0) is 11.2 Å². The van der Waals surface area contributed by atoms with Crippen LogP contribution in [0.1, 0.15) is 31.2 Å². The highest BCUT2D eigenvalue weighted by atomic mass is 16.5. The van der Waals surface area contributed by atoms with Gasteiger partial charge in [0.05, 0.1) is 12.3 Å². The number of amides is 1. The van der Waals surface area contributed by atoms with Gasteiger partial charge < -0.3 is 20.7 Å². The lowest BCUT2D eigenvalue weighted by Crippen LogP contribution is -2.26. The maximum absolute atomic E-state index is 11.4. The molecule has 3 rings (SSSR count). The molecule has 5 heteroatoms. The molecule has 1 aromatic rings. The van der Waals surface area contributed by atoms with E-state index in [4.69, 9.17) is 10.5 Å². The zero-order valence-electron chi connectivity index (χ0n) is 12.5. The summed E-state index contributed by atoms with van der Waals surface area (Å²) in [4.78, 5) is 13.8. The highest BCUT2D eigenvalue weighted by Gasteiger charge is 2.21. The van der Waals surface area contributed by atoms with Crippen LogP contribution < -0.4 is 15.8 Å². The molecular formula is C16H23N3O2. The number of anilines is 2. The molecule has 0 spiro atoms. The van der Waals surface area contributed by atoms with Crippen LogP contribution in [-0.4, -0.2) is 37.0 Å². The van der Waals surface area contributed by atoms with Gasteiger partial charge in [-0.1, -0.05) is 0 Å². The summed E-state index contributed by atoms with van der Waals surface area (Å²) >= 11 is 0. The largest absolute Gasteiger partial charge is 0.491 e. The molecule has 5 nitrogen and oxygen atoms in total. The van der Waals surface area contributed by atoms with Gasteiger partial charge in [-0.2, -0.15) is 0 Å². The van der Waals surface area contributed by atoms with Crippen molar-refractivity contribution in [3.63, 3.8) is 0 Å². The molecule has 2 aliphatic rings. The number of nitrogens with zero attached hydrogens (tertiary/aromatic N) is 1. The molecule has 1 fully saturated rings. The van der Waals surface area contributed by atoms with E-state index in [1.54, 1.807) is 0 Å². The summed E-state index contributed by atoms with van der Waals surface area (Å²) in [5, 5.41) is 2.85. The molecule has 1 unspecified atom stereocenters. The first kappa shape index (κ1) is 14.2. The van der Waals surface area contributed by atoms with Crippen LogP contribution in [0.15, 0.2) is 12.1 Å². The molecule has 114 valence electrons. The Bertz CT molecular complexity index is 545. The summed E-state index contributed by atoms with van der Waals surface area (Å²) in [7, 11) is 2.17. The molecule has 1 amide bonds. The smallest absolute Gasteiger partial charge is 0.224 e. The Hall–Kier alpha value is -1.75. The van der Waals surface area contributed by atoms with E-state index in [0.717, 1.165) is 29.8 Å². The maximum Gasteiger partial charge on any atom is 0.224 e. The van der Waals surface area contributed by atoms with E-state index in [0.29, 0.717) is 24.8 Å². The molecule has 0 aliphatic carbocycles. The molecule has 0 bridgehead atoms. The number of nitrogens with two attached hydrogens (primary N) is 1. The molecule has 2 heterocycles. The third-order valence-electron chi connectivity index (χ3n) is 4.51. The van der Waals surface area contributed by atoms with E-state index >= 15 is 0 Å². The van der Waals surface area contributed by atoms with Gasteiger partial charge in [0.1, 0.15) is 5.75 Å². The highest BCUT2D eigenvalue weighted by Crippen LogP contribution is 2.32. The molecule has 0 aromatic heterocycles. The van der Waals surface area contributed by atoms with Crippen LogP contribution in [0, 0.1) is 0 Å². The first-order chi connectivity index (χ1) is 10.1. The van der Waals surface area contributed by atoms with Gasteiger partial charge in [0.25, 0.3) is 0 Å². The Morgan fingerprint density at radius 1 is 1.43 bits per heavy atom. The first-order valence-electron chi connectivity index (χ1n) is 7.69. The predicted molar refractivity (Wildman–Crippen MR) is 83.6 cm³/mol. The summed E-state index contributed by atoms with van der Waals surface area (Å²) in [5.74, 6) is 0.797. The number of nitrogens with one attached hydrogen (secondary N) is 1. The lowest BCUT2D eigenvalue weighted by molar-refractivity contribution is -0.116. The minimum Gasteiger partial charge on any atom is -0.491 e. The molecular weight excluding hydrogens is 266 g/mol. The van der Waals surface area contributed by atoms with Gasteiger partial charge in [0, 0.05) is 18.2 Å². The van der Waals surface area contributed by atoms with Crippen molar-refractivity contribution in [3.05, 3.63) is 17.7 Å². The minimum absolute atomic E-state index is 0.0554. The molecule has 0 saturated carbocycles. The second kappa shape index (κ2) is 5.93. The van der Waals surface area contributed by atoms with Crippen LogP contribution in [0.3, 0.4) is 0 Å². The third-order valence-corrected chi connectivity index (χ3v) is 4.51. The van der Waals surface area contributed by atoms with Gasteiger partial charge in [0.15, 0.2) is 0 Å². The standard InChI is InChI=1S/C16H23N3O2/c1-19-7-2-3-12(19)6-8-21-15-9-11-4-5-16(20)18-14(11)10-13(15)17/h9-10,12H,2-8,17H2,1H3,(H,18,20). The van der Waals surface area contributed by atoms with Crippen LogP contribution in [0.4, 0.5) is 11.4 Å². The number of carbonyl (C=O) groups is 1. The second-order valence-electron chi connectivity index (χ2n) is 6.01. The van der Waals surface area contributed by atoms with Crippen LogP contribution in [0.25, 0.3) is 0 Å². The van der Waals surface area contributed by atoms with Crippen molar-refractivity contribution < 1.29 is 9.53 Å². The van der Waals surface area contributed by atoms with Crippen molar-refractivity contribution in [3.8, 4) is 5.75 Å². The summed E-state index contributed by atoms with van der Waals surface area (Å²) in [6, 6.07) is 4.41. The van der Waals surface area contributed by atoms with Gasteiger partial charge in [-0.05, 0) is 57.0 Å². The lowest BCUT2D eigenvalue weighted by atomic mass is 10.0. The van der Waals surface area contributed by atoms with Gasteiger partial charge in [-0.3, -0.25) is 4.79 Å². The molecule has 0 radical (unpaired) electrons. The van der Waals surface area contributed by atoms with Crippen molar-refractivity contribution >= 4 is 17.3 Å². The summed E-state index contributed by atoms with van der Waals surface area (Å²) in [5.41, 5.74) is 8.55. The van der Waals surface area contributed by atoms with E-state index in [9.17, 15) is 4.79 Å². The van der Waals surface area contributed by atoms with E-state index in [1.807, 2.05) is 12.1 Å². The lowest BCUT2D eigenvalue weighted by Gasteiger charge is -2.21. The van der Waals surface area contributed by atoms with Crippen molar-refractivity contribution in [2.75, 3.05) is 31.2 Å². The van der Waals surface area contributed by atoms with Gasteiger partial charge in [-0.25, -0.2) is 0 Å². The van der Waals surface area contributed by atoms with Crippen molar-refractivity contribution in [2.45, 2.75) is 38.1 Å². The highest BCUT2D eigenvalue weighted by molar-refractivity contribution is 5.94. The van der Waals surface area contributed by atoms with Gasteiger partial charge in [0.2, 0.25) is 5.91 Å². The number of aryl methyl sites for hydroxylation is 1. The Morgan fingerprint density at radius 2 is 2.29 bits per heavy atom. The van der Waals surface area contributed by atoms with Crippen molar-refractivity contribution in [2.24, 2.45) is 0 Å². The van der Waals surface area contributed by atoms with E-state index in [-0.39, 0.29) is 5.91 Å². The summed E-state index contributed by atoms with van der Waals surface area (Å²) in [6.07, 6.45) is 4.85. The molecule has 2 aliphatic heterocycles. The van der Waals surface area contributed by atoms with Crippen LogP contribution in [0.5, 0.6) is 5.75 Å². The van der Waals surface area contributed by atoms with E-state index in [2.05, 4.69) is 17.3 Å². The second-order valence-corrected chi connectivity index (χ2v) is 6.01. The van der Waals surface area contributed by atoms with Crippen LogP contribution >= 0.6 is 0 Å². The molecule has 1 atom stereocenters. The average Bonchev–Trinajstić information content (AvgIpc) is 2.85. The number of hydrogen-bond donors (Lipinski definition) is 2. The Labute approximate surface area is 125 Å². The Kier molecular flexibility index (Phi) is 4.01. The normalized spacial score (nSPS) is 22.0. The molecule has 1 saturated heterocycles. The number of benzene rings is 1. The van der Waals surface area contributed by atoms with Crippen molar-refractivity contribution in [1.29, 1.82) is 0 Å². The minimum atomic E-state index is 0.0554. The zero-order chi connectivity index (χ0) is 14.8. The number of ether oxygens (including phenoxy) is 1. The van der Waals surface area contributed by atoms with E-state index in [1.165, 1.54) is 19.4 Å². The van der Waals surface area contributed by atoms with Crippen molar-refractivity contribution in [1.82, 2.24) is 4.90 Å². The fourth-order valence-corrected chi connectivity index (χ4v) is 3.20. The summed E-state index contributed by atoms with van der Waals surface area (Å²) < 4.78 is 5.88. The Morgan fingerprint density at radius 3 is 3.05 bits per heavy atom.